The Morgan fingerprint density at radius 2 is 1.70 bits per heavy atom. The van der Waals surface area contributed by atoms with Crippen molar-refractivity contribution >= 4 is 33.4 Å². The third-order valence-electron chi connectivity index (χ3n) is 8.81. The number of amides is 3. The first-order valence-electron chi connectivity index (χ1n) is 16.1. The Morgan fingerprint density at radius 3 is 2.42 bits per heavy atom. The molecule has 0 radical (unpaired) electrons. The van der Waals surface area contributed by atoms with Gasteiger partial charge in [-0.15, -0.1) is 0 Å². The summed E-state index contributed by atoms with van der Waals surface area (Å²) >= 11 is 0. The smallest absolute Gasteiger partial charge is 0.258 e. The van der Waals surface area contributed by atoms with Crippen LogP contribution in [0.4, 0.5) is 5.69 Å². The third-order valence-corrected chi connectivity index (χ3v) is 10.0. The number of nitrogens with one attached hydrogen (secondary N) is 2. The van der Waals surface area contributed by atoms with Crippen molar-refractivity contribution in [1.29, 1.82) is 0 Å². The molecule has 1 saturated heterocycles. The number of ether oxygens (including phenoxy) is 3. The first-order valence-corrected chi connectivity index (χ1v) is 17.9. The van der Waals surface area contributed by atoms with Gasteiger partial charge in [0.2, 0.25) is 10.0 Å². The van der Waals surface area contributed by atoms with Crippen LogP contribution >= 0.6 is 0 Å². The van der Waals surface area contributed by atoms with Gasteiger partial charge >= 0.3 is 0 Å². The third kappa shape index (κ3) is 7.84. The second-order valence-electron chi connectivity index (χ2n) is 12.2. The number of sulfonamides is 1. The van der Waals surface area contributed by atoms with Gasteiger partial charge < -0.3 is 29.7 Å². The Morgan fingerprint density at radius 1 is 0.940 bits per heavy atom. The molecule has 13 heteroatoms. The van der Waals surface area contributed by atoms with Gasteiger partial charge in [0.05, 0.1) is 25.1 Å². The molecule has 0 unspecified atom stereocenters. The highest BCUT2D eigenvalue weighted by Crippen LogP contribution is 2.33. The van der Waals surface area contributed by atoms with Crippen molar-refractivity contribution in [3.05, 3.63) is 108 Å². The highest BCUT2D eigenvalue weighted by molar-refractivity contribution is 7.92. The van der Waals surface area contributed by atoms with E-state index in [-0.39, 0.29) is 30.9 Å². The maximum Gasteiger partial charge on any atom is 0.258 e. The average Bonchev–Trinajstić information content (AvgIpc) is 3.13. The van der Waals surface area contributed by atoms with Gasteiger partial charge in [-0.3, -0.25) is 18.7 Å². The van der Waals surface area contributed by atoms with Crippen LogP contribution in [-0.4, -0.2) is 83.3 Å². The summed E-state index contributed by atoms with van der Waals surface area (Å²) < 4.78 is 42.9. The van der Waals surface area contributed by atoms with Crippen molar-refractivity contribution in [2.45, 2.75) is 25.1 Å². The molecule has 2 atom stereocenters. The van der Waals surface area contributed by atoms with Gasteiger partial charge in [0.1, 0.15) is 23.4 Å². The van der Waals surface area contributed by atoms with Gasteiger partial charge in [0.15, 0.2) is 6.61 Å². The van der Waals surface area contributed by atoms with Crippen LogP contribution in [-0.2, 0) is 21.4 Å². The number of carbonyl (C=O) groups is 3. The van der Waals surface area contributed by atoms with Crippen molar-refractivity contribution in [3.63, 3.8) is 0 Å². The molecule has 2 N–H and O–H groups in total. The van der Waals surface area contributed by atoms with Crippen molar-refractivity contribution < 1.29 is 37.0 Å². The molecule has 50 heavy (non-hydrogen) atoms. The summed E-state index contributed by atoms with van der Waals surface area (Å²) in [7, 11) is -0.462. The van der Waals surface area contributed by atoms with Crippen molar-refractivity contribution in [1.82, 2.24) is 15.5 Å². The second-order valence-corrected chi connectivity index (χ2v) is 14.2. The normalized spacial score (nSPS) is 18.0. The van der Waals surface area contributed by atoms with Crippen LogP contribution in [0.2, 0.25) is 0 Å². The number of hydrogen-bond acceptors (Lipinski definition) is 8. The average molecular weight is 699 g/mol. The number of benzene rings is 4. The number of methoxy groups -OCH3 is 1. The second kappa shape index (κ2) is 14.5. The van der Waals surface area contributed by atoms with E-state index in [4.69, 9.17) is 14.2 Å². The van der Waals surface area contributed by atoms with Crippen molar-refractivity contribution in [3.8, 4) is 28.4 Å². The monoisotopic (exact) mass is 698 g/mol. The highest BCUT2D eigenvalue weighted by atomic mass is 32.2. The predicted octanol–water partition coefficient (Wildman–Crippen LogP) is 3.86. The Hall–Kier alpha value is -5.56. The van der Waals surface area contributed by atoms with E-state index < -0.39 is 22.2 Å². The molecule has 0 spiro atoms. The summed E-state index contributed by atoms with van der Waals surface area (Å²) in [5, 5.41) is 5.99. The summed E-state index contributed by atoms with van der Waals surface area (Å²) in [6.07, 6.45) is 1.08. The largest absolute Gasteiger partial charge is 0.496 e. The first kappa shape index (κ1) is 34.3. The van der Waals surface area contributed by atoms with E-state index in [1.165, 1.54) is 7.05 Å². The number of fused-ring (bicyclic) bond motifs is 7. The summed E-state index contributed by atoms with van der Waals surface area (Å²) in [5.41, 5.74) is 3.45. The minimum absolute atomic E-state index is 0.168. The fourth-order valence-electron chi connectivity index (χ4n) is 5.92. The van der Waals surface area contributed by atoms with Crippen LogP contribution in [0.1, 0.15) is 32.7 Å². The molecule has 7 rings (SSSR count). The molecule has 3 heterocycles. The number of rotatable bonds is 4. The molecule has 0 aromatic heterocycles. The number of nitrogens with zero attached hydrogens (tertiary/aromatic N) is 2. The zero-order valence-corrected chi connectivity index (χ0v) is 28.7. The number of hydrogen-bond donors (Lipinski definition) is 2. The van der Waals surface area contributed by atoms with Gasteiger partial charge in [0, 0.05) is 49.8 Å². The standard InChI is InChI=1S/C37H38N4O8S/c1-40(50(3,45)46)28-12-9-25(10-13-28)37(44)41-18-17-34-32(22-41)39-36(43)27-11-16-33(47-2)31(20-27)26-5-4-6-30(19-26)48-23-35(42)38-21-24-7-14-29(49-34)15-8-24/h4-16,19-20,32,34H,17-18,21-23H2,1-3H3,(H,38,42)(H,39,43)/t32-,34-/m1/s1. The van der Waals surface area contributed by atoms with Crippen LogP contribution in [0.5, 0.6) is 17.2 Å². The van der Waals surface area contributed by atoms with Crippen LogP contribution in [0.25, 0.3) is 11.1 Å². The van der Waals surface area contributed by atoms with Crippen LogP contribution in [0, 0.1) is 0 Å². The number of piperidine rings is 1. The number of likely N-dealkylation sites (tertiary alicyclic amines) is 1. The first-order chi connectivity index (χ1) is 24.0. The highest BCUT2D eigenvalue weighted by Gasteiger charge is 2.35. The SMILES string of the molecule is COc1ccc2cc1-c1cccc(c1)OCC(=O)NCc1ccc(cc1)O[C@@H]1CCN(C(=O)c3ccc(N(C)S(C)(=O)=O)cc3)C[C@H]1NC2=O. The molecular formula is C37H38N4O8S. The Labute approximate surface area is 291 Å². The molecule has 260 valence electrons. The fourth-order valence-corrected chi connectivity index (χ4v) is 6.43. The van der Waals surface area contributed by atoms with E-state index >= 15 is 0 Å². The minimum Gasteiger partial charge on any atom is -0.496 e. The summed E-state index contributed by atoms with van der Waals surface area (Å²) in [5.74, 6) is 0.727. The minimum atomic E-state index is -3.46. The van der Waals surface area contributed by atoms with Gasteiger partial charge in [-0.25, -0.2) is 8.42 Å². The van der Waals surface area contributed by atoms with E-state index in [9.17, 15) is 22.8 Å². The van der Waals surface area contributed by atoms with Gasteiger partial charge in [-0.05, 0) is 77.9 Å². The van der Waals surface area contributed by atoms with E-state index in [2.05, 4.69) is 10.6 Å². The lowest BCUT2D eigenvalue weighted by Gasteiger charge is -2.39. The molecular weight excluding hydrogens is 660 g/mol. The molecule has 12 nitrogen and oxygen atoms in total. The van der Waals surface area contributed by atoms with Gasteiger partial charge in [0.25, 0.3) is 17.7 Å². The van der Waals surface area contributed by atoms with E-state index in [1.54, 1.807) is 72.7 Å². The van der Waals surface area contributed by atoms with Crippen molar-refractivity contribution in [2.75, 3.05) is 44.4 Å². The maximum atomic E-state index is 13.9. The predicted molar refractivity (Wildman–Crippen MR) is 188 cm³/mol. The zero-order chi connectivity index (χ0) is 35.4. The molecule has 0 aliphatic carbocycles. The van der Waals surface area contributed by atoms with E-state index in [0.717, 1.165) is 21.7 Å². The van der Waals surface area contributed by atoms with Crippen molar-refractivity contribution in [2.24, 2.45) is 0 Å². The molecule has 4 aromatic carbocycles. The lowest BCUT2D eigenvalue weighted by atomic mass is 9.98. The summed E-state index contributed by atoms with van der Waals surface area (Å²) in [4.78, 5) is 41.8. The quantitative estimate of drug-likeness (QED) is 0.327. The zero-order valence-electron chi connectivity index (χ0n) is 27.9. The van der Waals surface area contributed by atoms with E-state index in [0.29, 0.717) is 59.1 Å². The number of carbonyl (C=O) groups excluding carboxylic acids is 3. The van der Waals surface area contributed by atoms with Gasteiger partial charge in [-0.2, -0.15) is 0 Å². The van der Waals surface area contributed by atoms with Crippen LogP contribution in [0.15, 0.2) is 91.0 Å². The molecule has 1 fully saturated rings. The Kier molecular flexibility index (Phi) is 9.95. The molecule has 3 amide bonds. The summed E-state index contributed by atoms with van der Waals surface area (Å²) in [6, 6.07) is 25.4. The topological polar surface area (TPSA) is 144 Å². The van der Waals surface area contributed by atoms with Gasteiger partial charge in [-0.1, -0.05) is 24.3 Å². The molecule has 0 saturated carbocycles. The number of anilines is 1. The van der Waals surface area contributed by atoms with E-state index in [1.807, 2.05) is 30.3 Å². The fraction of sp³-hybridized carbons (Fsp3) is 0.270. The summed E-state index contributed by atoms with van der Waals surface area (Å²) in [6.45, 7) is 0.679. The Balaban J connectivity index is 1.30. The molecule has 6 bridgehead atoms. The maximum absolute atomic E-state index is 13.9. The Bertz CT molecular complexity index is 2000. The molecule has 3 aliphatic rings. The lowest BCUT2D eigenvalue weighted by molar-refractivity contribution is -0.123. The van der Waals surface area contributed by atoms with Crippen LogP contribution in [0.3, 0.4) is 0 Å². The molecule has 4 aromatic rings. The van der Waals surface area contributed by atoms with Crippen LogP contribution < -0.4 is 29.1 Å². The molecule has 3 aliphatic heterocycles. The lowest BCUT2D eigenvalue weighted by Crippen LogP contribution is -2.58.